The van der Waals surface area contributed by atoms with Crippen LogP contribution in [0.4, 0.5) is 10.1 Å². The fraction of sp³-hybridized carbons (Fsp3) is 0.0909. The van der Waals surface area contributed by atoms with Crippen molar-refractivity contribution in [1.82, 2.24) is 0 Å². The van der Waals surface area contributed by atoms with Crippen molar-refractivity contribution in [3.05, 3.63) is 89.2 Å². The molecule has 0 amide bonds. The first-order chi connectivity index (χ1) is 13.6. The normalized spacial score (nSPS) is 10.8. The van der Waals surface area contributed by atoms with E-state index < -0.39 is 5.97 Å². The van der Waals surface area contributed by atoms with Gasteiger partial charge in [0.1, 0.15) is 12.4 Å². The molecule has 142 valence electrons. The van der Waals surface area contributed by atoms with E-state index in [1.807, 2.05) is 12.1 Å². The van der Waals surface area contributed by atoms with Crippen molar-refractivity contribution < 1.29 is 23.8 Å². The molecule has 0 atom stereocenters. The van der Waals surface area contributed by atoms with Crippen LogP contribution in [0.15, 0.2) is 71.7 Å². The molecule has 0 saturated heterocycles. The molecule has 0 unspecified atom stereocenters. The molecule has 0 aliphatic heterocycles. The van der Waals surface area contributed by atoms with E-state index >= 15 is 0 Å². The molecule has 0 saturated carbocycles. The third-order valence-electron chi connectivity index (χ3n) is 3.99. The van der Waals surface area contributed by atoms with Crippen LogP contribution >= 0.6 is 0 Å². The number of para-hydroxylation sites is 1. The maximum Gasteiger partial charge on any atom is 0.335 e. The van der Waals surface area contributed by atoms with Crippen LogP contribution in [0.5, 0.6) is 11.5 Å². The third-order valence-corrected chi connectivity index (χ3v) is 3.99. The number of nitrogens with zero attached hydrogens (tertiary/aromatic N) is 1. The highest BCUT2D eigenvalue weighted by Crippen LogP contribution is 2.31. The van der Waals surface area contributed by atoms with Crippen molar-refractivity contribution in [1.29, 1.82) is 0 Å². The number of aromatic carboxylic acids is 1. The van der Waals surface area contributed by atoms with E-state index in [9.17, 15) is 9.18 Å². The van der Waals surface area contributed by atoms with Crippen LogP contribution in [-0.4, -0.2) is 24.4 Å². The Bertz CT molecular complexity index is 982. The minimum Gasteiger partial charge on any atom is -0.493 e. The molecule has 28 heavy (non-hydrogen) atoms. The molecule has 1 N–H and O–H groups in total. The van der Waals surface area contributed by atoms with Gasteiger partial charge in [-0.1, -0.05) is 18.2 Å². The minimum absolute atomic E-state index is 0.216. The molecule has 0 aromatic heterocycles. The fourth-order valence-corrected chi connectivity index (χ4v) is 2.52. The van der Waals surface area contributed by atoms with Crippen molar-refractivity contribution >= 4 is 17.9 Å². The molecular formula is C22H18FNO4. The number of halogens is 1. The second kappa shape index (κ2) is 8.81. The first-order valence-electron chi connectivity index (χ1n) is 8.48. The predicted octanol–water partition coefficient (Wildman–Crippen LogP) is 4.86. The Hall–Kier alpha value is -3.67. The van der Waals surface area contributed by atoms with Gasteiger partial charge in [0.15, 0.2) is 11.5 Å². The number of methoxy groups -OCH3 is 1. The van der Waals surface area contributed by atoms with Gasteiger partial charge in [0.05, 0.1) is 18.4 Å². The van der Waals surface area contributed by atoms with Gasteiger partial charge >= 0.3 is 5.97 Å². The Labute approximate surface area is 161 Å². The topological polar surface area (TPSA) is 68.1 Å². The molecular weight excluding hydrogens is 361 g/mol. The number of carbonyl (C=O) groups is 1. The van der Waals surface area contributed by atoms with Gasteiger partial charge in [0, 0.05) is 11.8 Å². The molecule has 0 aliphatic carbocycles. The Morgan fingerprint density at radius 2 is 1.79 bits per heavy atom. The van der Waals surface area contributed by atoms with E-state index in [1.54, 1.807) is 43.7 Å². The molecule has 0 spiro atoms. The molecule has 0 radical (unpaired) electrons. The van der Waals surface area contributed by atoms with Gasteiger partial charge in [0.2, 0.25) is 0 Å². The van der Waals surface area contributed by atoms with E-state index in [2.05, 4.69) is 4.99 Å². The van der Waals surface area contributed by atoms with Gasteiger partial charge in [-0.25, -0.2) is 9.18 Å². The molecule has 0 fully saturated rings. The lowest BCUT2D eigenvalue weighted by atomic mass is 10.1. The summed E-state index contributed by atoms with van der Waals surface area (Å²) in [4.78, 5) is 15.3. The lowest BCUT2D eigenvalue weighted by Gasteiger charge is -2.13. The Morgan fingerprint density at radius 3 is 2.43 bits per heavy atom. The largest absolute Gasteiger partial charge is 0.493 e. The van der Waals surface area contributed by atoms with E-state index in [4.69, 9.17) is 14.6 Å². The molecule has 0 bridgehead atoms. The number of carboxylic acid groups (broad SMARTS) is 1. The van der Waals surface area contributed by atoms with Crippen LogP contribution in [0.1, 0.15) is 21.5 Å². The standard InChI is InChI=1S/C22H18FNO4/c1-27-20-4-2-3-17(13-24-19-11-9-18(23)10-12-19)21(20)28-14-15-5-7-16(8-6-15)22(25)26/h2-13H,14H2,1H3,(H,25,26). The number of ether oxygens (including phenoxy) is 2. The Balaban J connectivity index is 1.80. The zero-order chi connectivity index (χ0) is 19.9. The summed E-state index contributed by atoms with van der Waals surface area (Å²) in [5.74, 6) is -0.238. The third kappa shape index (κ3) is 4.73. The number of hydrogen-bond donors (Lipinski definition) is 1. The zero-order valence-electron chi connectivity index (χ0n) is 15.1. The van der Waals surface area contributed by atoms with E-state index in [0.29, 0.717) is 22.7 Å². The quantitative estimate of drug-likeness (QED) is 0.595. The van der Waals surface area contributed by atoms with Crippen LogP contribution < -0.4 is 9.47 Å². The van der Waals surface area contributed by atoms with Crippen molar-refractivity contribution in [2.45, 2.75) is 6.61 Å². The average molecular weight is 379 g/mol. The Morgan fingerprint density at radius 1 is 1.07 bits per heavy atom. The molecule has 3 rings (SSSR count). The lowest BCUT2D eigenvalue weighted by molar-refractivity contribution is 0.0697. The van der Waals surface area contributed by atoms with Crippen LogP contribution in [0.3, 0.4) is 0 Å². The van der Waals surface area contributed by atoms with Crippen molar-refractivity contribution in [2.24, 2.45) is 4.99 Å². The van der Waals surface area contributed by atoms with Crippen molar-refractivity contribution in [3.63, 3.8) is 0 Å². The first-order valence-corrected chi connectivity index (χ1v) is 8.48. The maximum absolute atomic E-state index is 13.0. The average Bonchev–Trinajstić information content (AvgIpc) is 2.72. The fourth-order valence-electron chi connectivity index (χ4n) is 2.52. The number of hydrogen-bond acceptors (Lipinski definition) is 4. The summed E-state index contributed by atoms with van der Waals surface area (Å²) in [5, 5.41) is 8.97. The van der Waals surface area contributed by atoms with E-state index in [0.717, 1.165) is 5.56 Å². The highest BCUT2D eigenvalue weighted by atomic mass is 19.1. The van der Waals surface area contributed by atoms with Gasteiger partial charge in [0.25, 0.3) is 0 Å². The van der Waals surface area contributed by atoms with Gasteiger partial charge in [-0.05, 0) is 54.1 Å². The van der Waals surface area contributed by atoms with Crippen molar-refractivity contribution in [2.75, 3.05) is 7.11 Å². The number of aliphatic imine (C=N–C) groups is 1. The first kappa shape index (κ1) is 19.1. The number of carboxylic acids is 1. The van der Waals surface area contributed by atoms with Gasteiger partial charge in [-0.15, -0.1) is 0 Å². The second-order valence-electron chi connectivity index (χ2n) is 5.90. The van der Waals surface area contributed by atoms with Crippen LogP contribution in [0.2, 0.25) is 0 Å². The highest BCUT2D eigenvalue weighted by molar-refractivity contribution is 5.87. The summed E-state index contributed by atoms with van der Waals surface area (Å²) in [5.41, 5.74) is 2.34. The summed E-state index contributed by atoms with van der Waals surface area (Å²) >= 11 is 0. The zero-order valence-corrected chi connectivity index (χ0v) is 15.1. The van der Waals surface area contributed by atoms with E-state index in [1.165, 1.54) is 24.3 Å². The summed E-state index contributed by atoms with van der Waals surface area (Å²) < 4.78 is 24.3. The monoisotopic (exact) mass is 379 g/mol. The summed E-state index contributed by atoms with van der Waals surface area (Å²) in [6.07, 6.45) is 1.62. The van der Waals surface area contributed by atoms with E-state index in [-0.39, 0.29) is 18.0 Å². The molecule has 3 aromatic rings. The molecule has 3 aromatic carbocycles. The molecule has 0 aliphatic rings. The molecule has 6 heteroatoms. The predicted molar refractivity (Wildman–Crippen MR) is 104 cm³/mol. The van der Waals surface area contributed by atoms with Gasteiger partial charge < -0.3 is 14.6 Å². The summed E-state index contributed by atoms with van der Waals surface area (Å²) in [7, 11) is 1.55. The van der Waals surface area contributed by atoms with Crippen LogP contribution in [0.25, 0.3) is 0 Å². The molecule has 0 heterocycles. The van der Waals surface area contributed by atoms with Gasteiger partial charge in [-0.2, -0.15) is 0 Å². The SMILES string of the molecule is COc1cccc(C=Nc2ccc(F)cc2)c1OCc1ccc(C(=O)O)cc1. The molecule has 5 nitrogen and oxygen atoms in total. The highest BCUT2D eigenvalue weighted by Gasteiger charge is 2.10. The minimum atomic E-state index is -0.975. The second-order valence-corrected chi connectivity index (χ2v) is 5.90. The Kier molecular flexibility index (Phi) is 6.01. The number of benzene rings is 3. The smallest absolute Gasteiger partial charge is 0.335 e. The van der Waals surface area contributed by atoms with Crippen LogP contribution in [-0.2, 0) is 6.61 Å². The number of rotatable bonds is 7. The maximum atomic E-state index is 13.0. The summed E-state index contributed by atoms with van der Waals surface area (Å²) in [6.45, 7) is 0.234. The lowest BCUT2D eigenvalue weighted by Crippen LogP contribution is -2.02. The van der Waals surface area contributed by atoms with Crippen molar-refractivity contribution in [3.8, 4) is 11.5 Å². The van der Waals surface area contributed by atoms with Gasteiger partial charge in [-0.3, -0.25) is 4.99 Å². The van der Waals surface area contributed by atoms with Crippen LogP contribution in [0, 0.1) is 5.82 Å². The summed E-state index contributed by atoms with van der Waals surface area (Å²) in [6, 6.07) is 17.7.